The molecule has 18 heavy (non-hydrogen) atoms. The third-order valence-corrected chi connectivity index (χ3v) is 4.03. The monoisotopic (exact) mass is 312 g/mol. The molecule has 1 aromatic heterocycles. The molecule has 2 rings (SSSR count). The number of nitrogens with one attached hydrogen (secondary N) is 1. The van der Waals surface area contributed by atoms with Gasteiger partial charge >= 0.3 is 0 Å². The maximum Gasteiger partial charge on any atom is 0.149 e. The van der Waals surface area contributed by atoms with E-state index in [0.29, 0.717) is 5.69 Å². The van der Waals surface area contributed by atoms with Crippen LogP contribution in [-0.4, -0.2) is 36.1 Å². The van der Waals surface area contributed by atoms with Crippen LogP contribution >= 0.6 is 15.9 Å². The Labute approximate surface area is 117 Å². The van der Waals surface area contributed by atoms with Crippen molar-refractivity contribution in [3.05, 3.63) is 16.7 Å². The number of nitrogens with two attached hydrogens (primary N) is 1. The minimum Gasteiger partial charge on any atom is -0.396 e. The smallest absolute Gasteiger partial charge is 0.149 e. The Kier molecular flexibility index (Phi) is 4.83. The standard InChI is InChI=1S/C13H21BrN4/c1-2-18-5-3-10(4-6-18)8-16-13-12(15)7-11(14)9-17-13/h7,9-10H,2-6,8,15H2,1H3,(H,16,17). The highest BCUT2D eigenvalue weighted by Gasteiger charge is 2.18. The van der Waals surface area contributed by atoms with Crippen LogP contribution in [0.15, 0.2) is 16.7 Å². The molecule has 3 N–H and O–H groups in total. The number of pyridine rings is 1. The van der Waals surface area contributed by atoms with Gasteiger partial charge in [-0.1, -0.05) is 6.92 Å². The van der Waals surface area contributed by atoms with Gasteiger partial charge in [0, 0.05) is 17.2 Å². The van der Waals surface area contributed by atoms with Crippen LogP contribution in [0.2, 0.25) is 0 Å². The fourth-order valence-corrected chi connectivity index (χ4v) is 2.70. The molecule has 0 bridgehead atoms. The molecular weight excluding hydrogens is 292 g/mol. The first-order valence-electron chi connectivity index (χ1n) is 6.56. The van der Waals surface area contributed by atoms with E-state index in [2.05, 4.69) is 38.1 Å². The van der Waals surface area contributed by atoms with Crippen LogP contribution in [-0.2, 0) is 0 Å². The van der Waals surface area contributed by atoms with Crippen LogP contribution in [0.25, 0.3) is 0 Å². The molecule has 0 atom stereocenters. The van der Waals surface area contributed by atoms with Crippen molar-refractivity contribution < 1.29 is 0 Å². The topological polar surface area (TPSA) is 54.2 Å². The van der Waals surface area contributed by atoms with Gasteiger partial charge in [0.05, 0.1) is 5.69 Å². The molecule has 2 heterocycles. The summed E-state index contributed by atoms with van der Waals surface area (Å²) >= 11 is 3.36. The molecule has 1 aliphatic rings. The van der Waals surface area contributed by atoms with Crippen LogP contribution in [0.4, 0.5) is 11.5 Å². The van der Waals surface area contributed by atoms with E-state index in [1.807, 2.05) is 6.07 Å². The molecule has 0 aliphatic carbocycles. The van der Waals surface area contributed by atoms with Crippen LogP contribution in [0.5, 0.6) is 0 Å². The number of nitrogen functional groups attached to an aromatic ring is 1. The van der Waals surface area contributed by atoms with Crippen molar-refractivity contribution in [3.8, 4) is 0 Å². The van der Waals surface area contributed by atoms with Gasteiger partial charge in [-0.15, -0.1) is 0 Å². The fourth-order valence-electron chi connectivity index (χ4n) is 2.35. The first-order chi connectivity index (χ1) is 8.69. The minimum absolute atomic E-state index is 0.704. The number of anilines is 2. The fraction of sp³-hybridized carbons (Fsp3) is 0.615. The molecule has 4 nitrogen and oxygen atoms in total. The van der Waals surface area contributed by atoms with Gasteiger partial charge in [0.15, 0.2) is 0 Å². The van der Waals surface area contributed by atoms with E-state index < -0.39 is 0 Å². The van der Waals surface area contributed by atoms with Gasteiger partial charge in [0.25, 0.3) is 0 Å². The summed E-state index contributed by atoms with van der Waals surface area (Å²) in [6.45, 7) is 6.79. The third kappa shape index (κ3) is 3.59. The van der Waals surface area contributed by atoms with Crippen LogP contribution in [0.3, 0.4) is 0 Å². The Morgan fingerprint density at radius 2 is 2.22 bits per heavy atom. The van der Waals surface area contributed by atoms with Gasteiger partial charge in [-0.05, 0) is 60.4 Å². The van der Waals surface area contributed by atoms with E-state index >= 15 is 0 Å². The average Bonchev–Trinajstić information content (AvgIpc) is 2.38. The second-order valence-electron chi connectivity index (χ2n) is 4.85. The Bertz CT molecular complexity index is 389. The summed E-state index contributed by atoms with van der Waals surface area (Å²) in [6.07, 6.45) is 4.30. The Morgan fingerprint density at radius 1 is 1.50 bits per heavy atom. The zero-order valence-electron chi connectivity index (χ0n) is 10.8. The predicted molar refractivity (Wildman–Crippen MR) is 79.7 cm³/mol. The normalized spacial score (nSPS) is 17.9. The van der Waals surface area contributed by atoms with Crippen molar-refractivity contribution in [1.82, 2.24) is 9.88 Å². The number of halogens is 1. The number of hydrogen-bond acceptors (Lipinski definition) is 4. The first-order valence-corrected chi connectivity index (χ1v) is 7.35. The lowest BCUT2D eigenvalue weighted by molar-refractivity contribution is 0.198. The molecule has 0 saturated carbocycles. The Balaban J connectivity index is 1.81. The second kappa shape index (κ2) is 6.38. The Hall–Kier alpha value is -0.810. The first kappa shape index (κ1) is 13.6. The minimum atomic E-state index is 0.704. The van der Waals surface area contributed by atoms with Crippen LogP contribution in [0, 0.1) is 5.92 Å². The number of likely N-dealkylation sites (tertiary alicyclic amines) is 1. The summed E-state index contributed by atoms with van der Waals surface area (Å²) in [7, 11) is 0. The van der Waals surface area contributed by atoms with Gasteiger partial charge in [-0.25, -0.2) is 4.98 Å². The van der Waals surface area contributed by atoms with Gasteiger partial charge in [0.1, 0.15) is 5.82 Å². The van der Waals surface area contributed by atoms with E-state index in [1.54, 1.807) is 6.20 Å². The largest absolute Gasteiger partial charge is 0.396 e. The van der Waals surface area contributed by atoms with E-state index in [4.69, 9.17) is 5.73 Å². The highest BCUT2D eigenvalue weighted by Crippen LogP contribution is 2.22. The molecule has 0 unspecified atom stereocenters. The van der Waals surface area contributed by atoms with E-state index in [-0.39, 0.29) is 0 Å². The predicted octanol–water partition coefficient (Wildman–Crippen LogP) is 2.57. The SMILES string of the molecule is CCN1CCC(CNc2ncc(Br)cc2N)CC1. The molecule has 1 saturated heterocycles. The molecule has 1 fully saturated rings. The molecule has 0 spiro atoms. The molecule has 1 aliphatic heterocycles. The number of piperidine rings is 1. The van der Waals surface area contributed by atoms with E-state index in [9.17, 15) is 0 Å². The van der Waals surface area contributed by atoms with Gasteiger partial charge < -0.3 is 16.0 Å². The lowest BCUT2D eigenvalue weighted by Gasteiger charge is -2.31. The number of aromatic nitrogens is 1. The lowest BCUT2D eigenvalue weighted by atomic mass is 9.97. The summed E-state index contributed by atoms with van der Waals surface area (Å²) in [6, 6.07) is 1.88. The lowest BCUT2D eigenvalue weighted by Crippen LogP contribution is -2.35. The van der Waals surface area contributed by atoms with Crippen LogP contribution in [0.1, 0.15) is 19.8 Å². The molecule has 100 valence electrons. The molecular formula is C13H21BrN4. The Morgan fingerprint density at radius 3 is 2.83 bits per heavy atom. The van der Waals surface area contributed by atoms with Crippen molar-refractivity contribution in [2.45, 2.75) is 19.8 Å². The summed E-state index contributed by atoms with van der Waals surface area (Å²) < 4.78 is 0.918. The van der Waals surface area contributed by atoms with Gasteiger partial charge in [-0.2, -0.15) is 0 Å². The zero-order valence-corrected chi connectivity index (χ0v) is 12.4. The molecule has 5 heteroatoms. The molecule has 0 aromatic carbocycles. The summed E-state index contributed by atoms with van der Waals surface area (Å²) in [5, 5.41) is 3.37. The average molecular weight is 313 g/mol. The van der Waals surface area contributed by atoms with E-state index in [1.165, 1.54) is 32.5 Å². The quantitative estimate of drug-likeness (QED) is 0.897. The second-order valence-corrected chi connectivity index (χ2v) is 5.77. The van der Waals surface area contributed by atoms with Crippen LogP contribution < -0.4 is 11.1 Å². The number of rotatable bonds is 4. The summed E-state index contributed by atoms with van der Waals surface area (Å²) in [4.78, 5) is 6.80. The maximum absolute atomic E-state index is 5.92. The molecule has 0 radical (unpaired) electrons. The third-order valence-electron chi connectivity index (χ3n) is 3.60. The van der Waals surface area contributed by atoms with Gasteiger partial charge in [0.2, 0.25) is 0 Å². The van der Waals surface area contributed by atoms with Crippen molar-refractivity contribution >= 4 is 27.4 Å². The van der Waals surface area contributed by atoms with Gasteiger partial charge in [-0.3, -0.25) is 0 Å². The number of nitrogens with zero attached hydrogens (tertiary/aromatic N) is 2. The van der Waals surface area contributed by atoms with Crippen molar-refractivity contribution in [2.24, 2.45) is 5.92 Å². The number of hydrogen-bond donors (Lipinski definition) is 2. The van der Waals surface area contributed by atoms with Crippen molar-refractivity contribution in [3.63, 3.8) is 0 Å². The molecule has 1 aromatic rings. The summed E-state index contributed by atoms with van der Waals surface area (Å²) in [5.41, 5.74) is 6.62. The van der Waals surface area contributed by atoms with E-state index in [0.717, 1.165) is 22.8 Å². The highest BCUT2D eigenvalue weighted by molar-refractivity contribution is 9.10. The zero-order chi connectivity index (χ0) is 13.0. The van der Waals surface area contributed by atoms with Crippen molar-refractivity contribution in [2.75, 3.05) is 37.2 Å². The maximum atomic E-state index is 5.92. The summed E-state index contributed by atoms with van der Waals surface area (Å²) in [5.74, 6) is 1.54. The van der Waals surface area contributed by atoms with Crippen molar-refractivity contribution in [1.29, 1.82) is 0 Å². The molecule has 0 amide bonds. The highest BCUT2D eigenvalue weighted by atomic mass is 79.9.